The molecule has 0 aliphatic heterocycles. The van der Waals surface area contributed by atoms with E-state index in [1.165, 1.54) is 11.8 Å². The molecular formula is C26H24N6OS. The van der Waals surface area contributed by atoms with Gasteiger partial charge in [-0.05, 0) is 62.2 Å². The van der Waals surface area contributed by atoms with Crippen LogP contribution in [0.3, 0.4) is 0 Å². The van der Waals surface area contributed by atoms with Gasteiger partial charge in [0, 0.05) is 11.3 Å². The summed E-state index contributed by atoms with van der Waals surface area (Å²) in [5.74, 6) is 1.66. The van der Waals surface area contributed by atoms with E-state index in [1.807, 2.05) is 60.0 Å². The highest BCUT2D eigenvalue weighted by molar-refractivity contribution is 7.99. The molecule has 0 spiro atoms. The molecule has 7 nitrogen and oxygen atoms in total. The summed E-state index contributed by atoms with van der Waals surface area (Å²) < 4.78 is 2.00. The minimum atomic E-state index is -0.111. The predicted octanol–water partition coefficient (Wildman–Crippen LogP) is 5.47. The lowest BCUT2D eigenvalue weighted by Gasteiger charge is -2.12. The number of amides is 1. The number of nitrogens with one attached hydrogen (secondary N) is 2. The molecular weight excluding hydrogens is 444 g/mol. The second-order valence-corrected chi connectivity index (χ2v) is 9.12. The van der Waals surface area contributed by atoms with Crippen LogP contribution in [-0.4, -0.2) is 36.4 Å². The molecule has 0 fully saturated rings. The molecule has 8 heteroatoms. The zero-order valence-corrected chi connectivity index (χ0v) is 20.0. The Labute approximate surface area is 201 Å². The third-order valence-corrected chi connectivity index (χ3v) is 6.47. The third kappa shape index (κ3) is 4.45. The van der Waals surface area contributed by atoms with Crippen molar-refractivity contribution in [3.63, 3.8) is 0 Å². The number of aryl methyl sites for hydroxylation is 3. The summed E-state index contributed by atoms with van der Waals surface area (Å²) in [6, 6.07) is 21.8. The molecule has 0 saturated carbocycles. The van der Waals surface area contributed by atoms with E-state index in [2.05, 4.69) is 57.5 Å². The van der Waals surface area contributed by atoms with Gasteiger partial charge < -0.3 is 10.3 Å². The van der Waals surface area contributed by atoms with Gasteiger partial charge in [0.15, 0.2) is 5.16 Å². The fourth-order valence-electron chi connectivity index (χ4n) is 3.84. The topological polar surface area (TPSA) is 88.5 Å². The number of H-pyrrole nitrogens is 1. The SMILES string of the molecule is Cc1ccc(C)c(-n2c(C)nnc2SCC(=O)Nc2cccc(-c3nc4ccccc4[nH]3)c2)c1. The number of hydrogen-bond acceptors (Lipinski definition) is 5. The van der Waals surface area contributed by atoms with Gasteiger partial charge in [-0.15, -0.1) is 10.2 Å². The van der Waals surface area contributed by atoms with Gasteiger partial charge in [0.2, 0.25) is 5.91 Å². The van der Waals surface area contributed by atoms with Gasteiger partial charge in [0.1, 0.15) is 11.6 Å². The maximum absolute atomic E-state index is 12.7. The van der Waals surface area contributed by atoms with Gasteiger partial charge in [-0.2, -0.15) is 0 Å². The fraction of sp³-hybridized carbons (Fsp3) is 0.154. The number of aromatic amines is 1. The van der Waals surface area contributed by atoms with Gasteiger partial charge in [-0.3, -0.25) is 9.36 Å². The lowest BCUT2D eigenvalue weighted by Crippen LogP contribution is -2.14. The molecule has 0 bridgehead atoms. The minimum Gasteiger partial charge on any atom is -0.338 e. The number of anilines is 1. The second kappa shape index (κ2) is 9.15. The lowest BCUT2D eigenvalue weighted by molar-refractivity contribution is -0.113. The van der Waals surface area contributed by atoms with Gasteiger partial charge in [-0.25, -0.2) is 4.98 Å². The number of rotatable bonds is 6. The molecule has 34 heavy (non-hydrogen) atoms. The first-order valence-corrected chi connectivity index (χ1v) is 11.9. The highest BCUT2D eigenvalue weighted by Gasteiger charge is 2.15. The average Bonchev–Trinajstić information content (AvgIpc) is 3.43. The molecule has 0 aliphatic rings. The molecule has 170 valence electrons. The van der Waals surface area contributed by atoms with Crippen molar-refractivity contribution >= 4 is 34.4 Å². The Hall–Kier alpha value is -3.91. The minimum absolute atomic E-state index is 0.111. The summed E-state index contributed by atoms with van der Waals surface area (Å²) in [6.07, 6.45) is 0. The Bertz CT molecular complexity index is 1470. The van der Waals surface area contributed by atoms with Crippen molar-refractivity contribution in [3.8, 4) is 17.1 Å². The summed E-state index contributed by atoms with van der Waals surface area (Å²) in [4.78, 5) is 20.7. The van der Waals surface area contributed by atoms with E-state index >= 15 is 0 Å². The number of para-hydroxylation sites is 2. The first kappa shape index (κ1) is 21.9. The molecule has 0 atom stereocenters. The van der Waals surface area contributed by atoms with E-state index < -0.39 is 0 Å². The van der Waals surface area contributed by atoms with Gasteiger partial charge in [0.25, 0.3) is 0 Å². The monoisotopic (exact) mass is 468 g/mol. The average molecular weight is 469 g/mol. The molecule has 5 rings (SSSR count). The first-order chi connectivity index (χ1) is 16.5. The Balaban J connectivity index is 1.30. The molecule has 0 radical (unpaired) electrons. The van der Waals surface area contributed by atoms with Crippen molar-refractivity contribution < 1.29 is 4.79 Å². The number of carbonyl (C=O) groups is 1. The van der Waals surface area contributed by atoms with Gasteiger partial charge in [-0.1, -0.05) is 48.2 Å². The Morgan fingerprint density at radius 3 is 2.71 bits per heavy atom. The number of carbonyl (C=O) groups excluding carboxylic acids is 1. The Morgan fingerprint density at radius 1 is 1.00 bits per heavy atom. The summed E-state index contributed by atoms with van der Waals surface area (Å²) in [5, 5.41) is 12.2. The van der Waals surface area contributed by atoms with Crippen LogP contribution >= 0.6 is 11.8 Å². The van der Waals surface area contributed by atoms with Crippen LogP contribution < -0.4 is 5.32 Å². The zero-order valence-electron chi connectivity index (χ0n) is 19.2. The standard InChI is InChI=1S/C26H24N6OS/c1-16-11-12-17(2)23(13-16)32-18(3)30-31-26(32)34-15-24(33)27-20-8-6-7-19(14-20)25-28-21-9-4-5-10-22(21)29-25/h4-14H,15H2,1-3H3,(H,27,33)(H,28,29). The number of fused-ring (bicyclic) bond motifs is 1. The maximum Gasteiger partial charge on any atom is 0.234 e. The van der Waals surface area contributed by atoms with Crippen LogP contribution in [0.2, 0.25) is 0 Å². The molecule has 0 saturated heterocycles. The number of nitrogens with zero attached hydrogens (tertiary/aromatic N) is 4. The predicted molar refractivity (Wildman–Crippen MR) is 136 cm³/mol. The van der Waals surface area contributed by atoms with Crippen molar-refractivity contribution in [1.82, 2.24) is 24.7 Å². The first-order valence-electron chi connectivity index (χ1n) is 11.0. The normalized spacial score (nSPS) is 11.1. The van der Waals surface area contributed by atoms with Crippen LogP contribution in [0.15, 0.2) is 71.9 Å². The van der Waals surface area contributed by atoms with E-state index in [0.29, 0.717) is 5.16 Å². The van der Waals surface area contributed by atoms with Crippen LogP contribution in [0.4, 0.5) is 5.69 Å². The lowest BCUT2D eigenvalue weighted by atomic mass is 10.1. The number of imidazole rings is 1. The largest absolute Gasteiger partial charge is 0.338 e. The summed E-state index contributed by atoms with van der Waals surface area (Å²) >= 11 is 1.37. The molecule has 1 amide bonds. The highest BCUT2D eigenvalue weighted by Crippen LogP contribution is 2.26. The van der Waals surface area contributed by atoms with Crippen molar-refractivity contribution in [2.24, 2.45) is 0 Å². The van der Waals surface area contributed by atoms with Crippen molar-refractivity contribution in [2.45, 2.75) is 25.9 Å². The van der Waals surface area contributed by atoms with E-state index in [9.17, 15) is 4.79 Å². The molecule has 5 aromatic rings. The molecule has 2 aromatic heterocycles. The van der Waals surface area contributed by atoms with E-state index in [4.69, 9.17) is 0 Å². The van der Waals surface area contributed by atoms with Crippen LogP contribution in [0, 0.1) is 20.8 Å². The third-order valence-electron chi connectivity index (χ3n) is 5.54. The molecule has 2 heterocycles. The Kier molecular flexibility index (Phi) is 5.90. The molecule has 2 N–H and O–H groups in total. The summed E-state index contributed by atoms with van der Waals surface area (Å²) in [7, 11) is 0. The summed E-state index contributed by atoms with van der Waals surface area (Å²) in [6.45, 7) is 6.04. The fourth-order valence-corrected chi connectivity index (χ4v) is 4.63. The highest BCUT2D eigenvalue weighted by atomic mass is 32.2. The van der Waals surface area contributed by atoms with Crippen LogP contribution in [-0.2, 0) is 4.79 Å². The number of hydrogen-bond donors (Lipinski definition) is 2. The Morgan fingerprint density at radius 2 is 1.85 bits per heavy atom. The maximum atomic E-state index is 12.7. The van der Waals surface area contributed by atoms with Crippen LogP contribution in [0.1, 0.15) is 17.0 Å². The number of benzene rings is 3. The summed E-state index contributed by atoms with van der Waals surface area (Å²) in [5.41, 5.74) is 6.83. The zero-order chi connectivity index (χ0) is 23.7. The van der Waals surface area contributed by atoms with E-state index in [1.54, 1.807) is 0 Å². The number of aromatic nitrogens is 5. The van der Waals surface area contributed by atoms with Crippen molar-refractivity contribution in [1.29, 1.82) is 0 Å². The quantitative estimate of drug-likeness (QED) is 0.323. The molecule has 3 aromatic carbocycles. The van der Waals surface area contributed by atoms with Gasteiger partial charge >= 0.3 is 0 Å². The van der Waals surface area contributed by atoms with Gasteiger partial charge in [0.05, 0.1) is 22.5 Å². The molecule has 0 aliphatic carbocycles. The van der Waals surface area contributed by atoms with E-state index in [0.717, 1.165) is 50.7 Å². The smallest absolute Gasteiger partial charge is 0.234 e. The van der Waals surface area contributed by atoms with Crippen LogP contribution in [0.5, 0.6) is 0 Å². The van der Waals surface area contributed by atoms with Crippen molar-refractivity contribution in [3.05, 3.63) is 83.7 Å². The second-order valence-electron chi connectivity index (χ2n) is 8.18. The van der Waals surface area contributed by atoms with Crippen LogP contribution in [0.25, 0.3) is 28.1 Å². The molecule has 0 unspecified atom stereocenters. The van der Waals surface area contributed by atoms with E-state index in [-0.39, 0.29) is 11.7 Å². The number of thioether (sulfide) groups is 1. The van der Waals surface area contributed by atoms with Crippen molar-refractivity contribution in [2.75, 3.05) is 11.1 Å².